The number of hydrogen-bond donors (Lipinski definition) is 1. The molecule has 4 nitrogen and oxygen atoms in total. The van der Waals surface area contributed by atoms with E-state index in [0.717, 1.165) is 0 Å². The standard InChI is InChI=1S/C14H17F3N4/c1-10(13-20-18-9-21(13)2)19-12(8-14(15,16)17)11-6-4-3-5-7-11/h3-7,9-10,12,19H,8H2,1-2H3. The predicted octanol–water partition coefficient (Wildman–Crippen LogP) is 3.16. The Balaban J connectivity index is 2.18. The lowest BCUT2D eigenvalue weighted by Crippen LogP contribution is -2.30. The third-order valence-corrected chi connectivity index (χ3v) is 3.22. The van der Waals surface area contributed by atoms with E-state index in [2.05, 4.69) is 15.5 Å². The fourth-order valence-corrected chi connectivity index (χ4v) is 2.25. The molecule has 0 bridgehead atoms. The SMILES string of the molecule is CC(NC(CC(F)(F)F)c1ccccc1)c1nncn1C. The first-order valence-corrected chi connectivity index (χ1v) is 6.58. The van der Waals surface area contributed by atoms with Crippen LogP contribution in [0, 0.1) is 0 Å². The lowest BCUT2D eigenvalue weighted by molar-refractivity contribution is -0.141. The molecule has 1 heterocycles. The zero-order valence-corrected chi connectivity index (χ0v) is 11.8. The van der Waals surface area contributed by atoms with Gasteiger partial charge in [0.25, 0.3) is 0 Å². The van der Waals surface area contributed by atoms with E-state index in [9.17, 15) is 13.2 Å². The van der Waals surface area contributed by atoms with Gasteiger partial charge >= 0.3 is 6.18 Å². The van der Waals surface area contributed by atoms with Gasteiger partial charge in [-0.2, -0.15) is 13.2 Å². The first-order chi connectivity index (χ1) is 9.87. The van der Waals surface area contributed by atoms with Crippen molar-refractivity contribution in [2.24, 2.45) is 7.05 Å². The van der Waals surface area contributed by atoms with Crippen LogP contribution in [0.5, 0.6) is 0 Å². The maximum Gasteiger partial charge on any atom is 0.390 e. The van der Waals surface area contributed by atoms with Crippen LogP contribution in [0.2, 0.25) is 0 Å². The summed E-state index contributed by atoms with van der Waals surface area (Å²) in [6, 6.07) is 7.45. The number of nitrogens with zero attached hydrogens (tertiary/aromatic N) is 3. The highest BCUT2D eigenvalue weighted by Gasteiger charge is 2.33. The van der Waals surface area contributed by atoms with E-state index in [1.807, 2.05) is 0 Å². The van der Waals surface area contributed by atoms with Gasteiger partial charge in [-0.1, -0.05) is 30.3 Å². The van der Waals surface area contributed by atoms with E-state index < -0.39 is 18.6 Å². The fraction of sp³-hybridized carbons (Fsp3) is 0.429. The number of rotatable bonds is 5. The monoisotopic (exact) mass is 298 g/mol. The van der Waals surface area contributed by atoms with E-state index >= 15 is 0 Å². The Morgan fingerprint density at radius 2 is 1.90 bits per heavy atom. The minimum Gasteiger partial charge on any atom is -0.319 e. The van der Waals surface area contributed by atoms with Gasteiger partial charge in [-0.15, -0.1) is 10.2 Å². The molecular weight excluding hydrogens is 281 g/mol. The molecule has 0 aliphatic carbocycles. The molecule has 2 unspecified atom stereocenters. The molecule has 0 spiro atoms. The average molecular weight is 298 g/mol. The maximum absolute atomic E-state index is 12.8. The Labute approximate surface area is 121 Å². The Hall–Kier alpha value is -1.89. The quantitative estimate of drug-likeness (QED) is 0.922. The van der Waals surface area contributed by atoms with Gasteiger partial charge < -0.3 is 9.88 Å². The van der Waals surface area contributed by atoms with Crippen molar-refractivity contribution in [1.82, 2.24) is 20.1 Å². The highest BCUT2D eigenvalue weighted by Crippen LogP contribution is 2.31. The third-order valence-electron chi connectivity index (χ3n) is 3.22. The molecule has 0 radical (unpaired) electrons. The van der Waals surface area contributed by atoms with Crippen LogP contribution in [0.4, 0.5) is 13.2 Å². The Kier molecular flexibility index (Phi) is 4.62. The van der Waals surface area contributed by atoms with E-state index in [1.165, 1.54) is 6.33 Å². The molecule has 2 aromatic rings. The molecule has 7 heteroatoms. The lowest BCUT2D eigenvalue weighted by Gasteiger charge is -2.24. The van der Waals surface area contributed by atoms with E-state index in [0.29, 0.717) is 11.4 Å². The first-order valence-electron chi connectivity index (χ1n) is 6.58. The van der Waals surface area contributed by atoms with Crippen molar-refractivity contribution in [3.8, 4) is 0 Å². The largest absolute Gasteiger partial charge is 0.390 e. The second-order valence-corrected chi connectivity index (χ2v) is 4.97. The Morgan fingerprint density at radius 1 is 1.24 bits per heavy atom. The summed E-state index contributed by atoms with van der Waals surface area (Å²) in [4.78, 5) is 0. The number of aryl methyl sites for hydroxylation is 1. The van der Waals surface area contributed by atoms with Crippen LogP contribution in [0.15, 0.2) is 36.7 Å². The van der Waals surface area contributed by atoms with Crippen LogP contribution in [0.3, 0.4) is 0 Å². The smallest absolute Gasteiger partial charge is 0.319 e. The highest BCUT2D eigenvalue weighted by atomic mass is 19.4. The fourth-order valence-electron chi connectivity index (χ4n) is 2.25. The van der Waals surface area contributed by atoms with Gasteiger partial charge in [0.05, 0.1) is 12.5 Å². The Bertz CT molecular complexity index is 565. The molecule has 2 atom stereocenters. The van der Waals surface area contributed by atoms with Gasteiger partial charge in [0, 0.05) is 13.1 Å². The number of benzene rings is 1. The number of alkyl halides is 3. The van der Waals surface area contributed by atoms with Gasteiger partial charge in [0.1, 0.15) is 12.2 Å². The van der Waals surface area contributed by atoms with Crippen LogP contribution in [0.1, 0.15) is 36.8 Å². The van der Waals surface area contributed by atoms with Gasteiger partial charge in [-0.25, -0.2) is 0 Å². The van der Waals surface area contributed by atoms with Crippen molar-refractivity contribution in [3.05, 3.63) is 48.0 Å². The van der Waals surface area contributed by atoms with Crippen molar-refractivity contribution < 1.29 is 13.2 Å². The second-order valence-electron chi connectivity index (χ2n) is 4.97. The summed E-state index contributed by atoms with van der Waals surface area (Å²) in [5, 5.41) is 10.7. The third kappa shape index (κ3) is 4.29. The molecule has 114 valence electrons. The van der Waals surface area contributed by atoms with Crippen LogP contribution >= 0.6 is 0 Å². The summed E-state index contributed by atoms with van der Waals surface area (Å²) >= 11 is 0. The zero-order valence-electron chi connectivity index (χ0n) is 11.8. The second kappa shape index (κ2) is 6.26. The number of aromatic nitrogens is 3. The van der Waals surface area contributed by atoms with Crippen molar-refractivity contribution in [1.29, 1.82) is 0 Å². The summed E-state index contributed by atoms with van der Waals surface area (Å²) in [5.41, 5.74) is 0.601. The molecule has 0 aliphatic rings. The Morgan fingerprint density at radius 3 is 2.43 bits per heavy atom. The molecule has 2 rings (SSSR count). The van der Waals surface area contributed by atoms with Crippen LogP contribution in [0.25, 0.3) is 0 Å². The zero-order chi connectivity index (χ0) is 15.5. The molecule has 1 N–H and O–H groups in total. The maximum atomic E-state index is 12.8. The molecule has 0 fully saturated rings. The molecule has 0 aliphatic heterocycles. The van der Waals surface area contributed by atoms with Crippen LogP contribution in [-0.4, -0.2) is 20.9 Å². The summed E-state index contributed by atoms with van der Waals surface area (Å²) in [7, 11) is 1.76. The lowest BCUT2D eigenvalue weighted by atomic mass is 10.0. The van der Waals surface area contributed by atoms with Gasteiger partial charge in [0.2, 0.25) is 0 Å². The summed E-state index contributed by atoms with van der Waals surface area (Å²) in [5.74, 6) is 0.595. The highest BCUT2D eigenvalue weighted by molar-refractivity contribution is 5.19. The topological polar surface area (TPSA) is 42.7 Å². The van der Waals surface area contributed by atoms with Crippen molar-refractivity contribution in [2.75, 3.05) is 0 Å². The van der Waals surface area contributed by atoms with E-state index in [4.69, 9.17) is 0 Å². The predicted molar refractivity (Wildman–Crippen MR) is 72.4 cm³/mol. The molecule has 1 aromatic carbocycles. The van der Waals surface area contributed by atoms with Crippen molar-refractivity contribution in [2.45, 2.75) is 31.6 Å². The van der Waals surface area contributed by atoms with Crippen molar-refractivity contribution in [3.63, 3.8) is 0 Å². The first kappa shape index (κ1) is 15.5. The number of nitrogens with one attached hydrogen (secondary N) is 1. The minimum absolute atomic E-state index is 0.343. The van der Waals surface area contributed by atoms with Crippen molar-refractivity contribution >= 4 is 0 Å². The van der Waals surface area contributed by atoms with E-state index in [1.54, 1.807) is 48.9 Å². The van der Waals surface area contributed by atoms with E-state index in [-0.39, 0.29) is 6.04 Å². The van der Waals surface area contributed by atoms with Crippen LogP contribution < -0.4 is 5.32 Å². The summed E-state index contributed by atoms with van der Waals surface area (Å²) < 4.78 is 40.1. The average Bonchev–Trinajstić information content (AvgIpc) is 2.84. The molecular formula is C14H17F3N4. The molecule has 1 aromatic heterocycles. The molecule has 0 amide bonds. The molecule has 21 heavy (non-hydrogen) atoms. The van der Waals surface area contributed by atoms with Crippen LogP contribution in [-0.2, 0) is 7.05 Å². The molecule has 0 saturated carbocycles. The minimum atomic E-state index is -4.24. The summed E-state index contributed by atoms with van der Waals surface area (Å²) in [6.07, 6.45) is -3.65. The number of halogens is 3. The number of hydrogen-bond acceptors (Lipinski definition) is 3. The van der Waals surface area contributed by atoms with Gasteiger partial charge in [0.15, 0.2) is 0 Å². The van der Waals surface area contributed by atoms with Gasteiger partial charge in [-0.05, 0) is 12.5 Å². The normalized spacial score (nSPS) is 14.9. The summed E-state index contributed by atoms with van der Waals surface area (Å²) in [6.45, 7) is 1.77. The molecule has 0 saturated heterocycles. The van der Waals surface area contributed by atoms with Gasteiger partial charge in [-0.3, -0.25) is 0 Å².